The van der Waals surface area contributed by atoms with E-state index in [0.29, 0.717) is 28.4 Å². The Bertz CT molecular complexity index is 1480. The van der Waals surface area contributed by atoms with Gasteiger partial charge in [0.05, 0.1) is 17.7 Å². The third-order valence-corrected chi connectivity index (χ3v) is 9.22. The first-order valence-electron chi connectivity index (χ1n) is 14.0. The second-order valence-corrected chi connectivity index (χ2v) is 12.7. The Balaban J connectivity index is 2.09. The SMILES string of the molecule is CC[C@@H](C)NC(=O)[C@H](CC)N(Cc1ccc(OC)cc1)C(=O)CN(c1ccc(Cl)cc1C)S(=O)(=O)c1ccc(C)cc1. The summed E-state index contributed by atoms with van der Waals surface area (Å²) in [7, 11) is -2.60. The number of aryl methyl sites for hydroxylation is 2. The number of rotatable bonds is 13. The second kappa shape index (κ2) is 14.6. The molecule has 0 bridgehead atoms. The van der Waals surface area contributed by atoms with Gasteiger partial charge < -0.3 is 15.0 Å². The number of nitrogens with one attached hydrogen (secondary N) is 1. The predicted octanol–water partition coefficient (Wildman–Crippen LogP) is 5.88. The van der Waals surface area contributed by atoms with Crippen LogP contribution in [0.5, 0.6) is 5.75 Å². The number of anilines is 1. The van der Waals surface area contributed by atoms with E-state index in [1.54, 1.807) is 56.5 Å². The number of ether oxygens (including phenoxy) is 1. The van der Waals surface area contributed by atoms with Crippen LogP contribution in [0.1, 0.15) is 50.3 Å². The topological polar surface area (TPSA) is 96.0 Å². The van der Waals surface area contributed by atoms with E-state index >= 15 is 0 Å². The van der Waals surface area contributed by atoms with Crippen molar-refractivity contribution in [2.24, 2.45) is 0 Å². The summed E-state index contributed by atoms with van der Waals surface area (Å²) >= 11 is 6.19. The molecule has 0 saturated carbocycles. The molecular weight excluding hydrogens is 574 g/mol. The molecule has 0 saturated heterocycles. The molecule has 226 valence electrons. The lowest BCUT2D eigenvalue weighted by atomic mass is 10.1. The van der Waals surface area contributed by atoms with Crippen LogP contribution in [0.2, 0.25) is 5.02 Å². The molecule has 0 heterocycles. The van der Waals surface area contributed by atoms with E-state index in [1.807, 2.05) is 39.8 Å². The van der Waals surface area contributed by atoms with E-state index in [2.05, 4.69) is 5.32 Å². The Labute approximate surface area is 254 Å². The smallest absolute Gasteiger partial charge is 0.264 e. The number of hydrogen-bond acceptors (Lipinski definition) is 5. The molecule has 3 aromatic carbocycles. The summed E-state index contributed by atoms with van der Waals surface area (Å²) in [4.78, 5) is 29.1. The van der Waals surface area contributed by atoms with Gasteiger partial charge in [-0.05, 0) is 87.2 Å². The van der Waals surface area contributed by atoms with Crippen molar-refractivity contribution in [1.82, 2.24) is 10.2 Å². The van der Waals surface area contributed by atoms with E-state index in [-0.39, 0.29) is 23.4 Å². The van der Waals surface area contributed by atoms with E-state index < -0.39 is 28.5 Å². The summed E-state index contributed by atoms with van der Waals surface area (Å²) in [6, 6.07) is 17.6. The maximum atomic E-state index is 14.2. The molecule has 0 spiro atoms. The Hall–Kier alpha value is -3.56. The maximum Gasteiger partial charge on any atom is 0.264 e. The molecule has 10 heteroatoms. The van der Waals surface area contributed by atoms with Crippen molar-refractivity contribution in [2.45, 2.75) is 71.0 Å². The fourth-order valence-corrected chi connectivity index (χ4v) is 6.24. The van der Waals surface area contributed by atoms with Crippen LogP contribution in [-0.2, 0) is 26.2 Å². The highest BCUT2D eigenvalue weighted by molar-refractivity contribution is 7.92. The van der Waals surface area contributed by atoms with Crippen LogP contribution >= 0.6 is 11.6 Å². The maximum absolute atomic E-state index is 14.2. The third kappa shape index (κ3) is 8.04. The normalized spacial score (nSPS) is 12.7. The number of carbonyl (C=O) groups excluding carboxylic acids is 2. The highest BCUT2D eigenvalue weighted by atomic mass is 35.5. The van der Waals surface area contributed by atoms with Crippen LogP contribution in [-0.4, -0.2) is 50.9 Å². The van der Waals surface area contributed by atoms with Gasteiger partial charge in [0.25, 0.3) is 10.0 Å². The lowest BCUT2D eigenvalue weighted by Gasteiger charge is -2.34. The highest BCUT2D eigenvalue weighted by Gasteiger charge is 2.34. The average molecular weight is 614 g/mol. The average Bonchev–Trinajstić information content (AvgIpc) is 2.96. The molecule has 42 heavy (non-hydrogen) atoms. The molecule has 0 radical (unpaired) electrons. The van der Waals surface area contributed by atoms with Crippen molar-refractivity contribution in [1.29, 1.82) is 0 Å². The molecule has 2 amide bonds. The van der Waals surface area contributed by atoms with E-state index in [0.717, 1.165) is 21.9 Å². The van der Waals surface area contributed by atoms with Crippen molar-refractivity contribution in [2.75, 3.05) is 18.0 Å². The molecule has 0 aliphatic carbocycles. The molecule has 8 nitrogen and oxygen atoms in total. The zero-order valence-corrected chi connectivity index (χ0v) is 26.6. The monoisotopic (exact) mass is 613 g/mol. The second-order valence-electron chi connectivity index (χ2n) is 10.4. The fourth-order valence-electron chi connectivity index (χ4n) is 4.54. The van der Waals surface area contributed by atoms with Crippen molar-refractivity contribution < 1.29 is 22.7 Å². The first kappa shape index (κ1) is 32.9. The molecule has 0 aliphatic heterocycles. The number of methoxy groups -OCH3 is 1. The molecule has 1 N–H and O–H groups in total. The minimum Gasteiger partial charge on any atom is -0.497 e. The minimum atomic E-state index is -4.17. The fraction of sp³-hybridized carbons (Fsp3) is 0.375. The van der Waals surface area contributed by atoms with Gasteiger partial charge in [0.2, 0.25) is 11.8 Å². The molecule has 2 atom stereocenters. The van der Waals surface area contributed by atoms with Crippen LogP contribution < -0.4 is 14.4 Å². The highest BCUT2D eigenvalue weighted by Crippen LogP contribution is 2.30. The van der Waals surface area contributed by atoms with Gasteiger partial charge in [-0.3, -0.25) is 13.9 Å². The zero-order chi connectivity index (χ0) is 31.0. The van der Waals surface area contributed by atoms with Crippen LogP contribution in [0.3, 0.4) is 0 Å². The van der Waals surface area contributed by atoms with E-state index in [9.17, 15) is 18.0 Å². The van der Waals surface area contributed by atoms with Gasteiger partial charge in [0.1, 0.15) is 18.3 Å². The Kier molecular flexibility index (Phi) is 11.4. The number of sulfonamides is 1. The van der Waals surface area contributed by atoms with Gasteiger partial charge in [-0.1, -0.05) is 55.3 Å². The third-order valence-electron chi connectivity index (χ3n) is 7.21. The molecule has 0 aromatic heterocycles. The molecule has 3 rings (SSSR count). The molecule has 0 fully saturated rings. The number of halogens is 1. The number of nitrogens with zero attached hydrogens (tertiary/aromatic N) is 2. The largest absolute Gasteiger partial charge is 0.497 e. The van der Waals surface area contributed by atoms with E-state index in [4.69, 9.17) is 16.3 Å². The number of amides is 2. The summed E-state index contributed by atoms with van der Waals surface area (Å²) in [6.45, 7) is 8.91. The van der Waals surface area contributed by atoms with Crippen molar-refractivity contribution in [3.05, 3.63) is 88.4 Å². The first-order valence-corrected chi connectivity index (χ1v) is 15.8. The zero-order valence-electron chi connectivity index (χ0n) is 25.1. The van der Waals surface area contributed by atoms with Crippen LogP contribution in [0.4, 0.5) is 5.69 Å². The van der Waals surface area contributed by atoms with Crippen LogP contribution in [0.25, 0.3) is 0 Å². The van der Waals surface area contributed by atoms with Gasteiger partial charge in [-0.25, -0.2) is 8.42 Å². The summed E-state index contributed by atoms with van der Waals surface area (Å²) in [5.41, 5.74) is 2.60. The summed E-state index contributed by atoms with van der Waals surface area (Å²) in [5.74, 6) is -0.141. The Morgan fingerprint density at radius 1 is 0.952 bits per heavy atom. The van der Waals surface area contributed by atoms with Gasteiger partial charge in [0, 0.05) is 17.6 Å². The van der Waals surface area contributed by atoms with Crippen LogP contribution in [0.15, 0.2) is 71.6 Å². The number of hydrogen-bond donors (Lipinski definition) is 1. The summed E-state index contributed by atoms with van der Waals surface area (Å²) < 4.78 is 34.5. The quantitative estimate of drug-likeness (QED) is 0.260. The predicted molar refractivity (Wildman–Crippen MR) is 167 cm³/mol. The van der Waals surface area contributed by atoms with Gasteiger partial charge in [-0.15, -0.1) is 0 Å². The standard InChI is InChI=1S/C32H40ClN3O5S/c1-7-24(5)34-32(38)29(8-2)35(20-25-11-14-27(41-6)15-12-25)31(37)21-36(30-18-13-26(33)19-23(30)4)42(39,40)28-16-9-22(3)10-17-28/h9-19,24,29H,7-8,20-21H2,1-6H3,(H,34,38)/t24-,29+/m1/s1. The van der Waals surface area contributed by atoms with Crippen molar-refractivity contribution >= 4 is 39.1 Å². The summed E-state index contributed by atoms with van der Waals surface area (Å²) in [5, 5.41) is 3.43. The van der Waals surface area contributed by atoms with Crippen molar-refractivity contribution in [3.63, 3.8) is 0 Å². The molecule has 3 aromatic rings. The minimum absolute atomic E-state index is 0.0542. The first-order chi connectivity index (χ1) is 19.9. The lowest BCUT2D eigenvalue weighted by molar-refractivity contribution is -0.140. The van der Waals surface area contributed by atoms with Crippen molar-refractivity contribution in [3.8, 4) is 5.75 Å². The number of benzene rings is 3. The molecule has 0 unspecified atom stereocenters. The molecule has 0 aliphatic rings. The van der Waals surface area contributed by atoms with E-state index in [1.165, 1.54) is 17.0 Å². The Morgan fingerprint density at radius 2 is 1.60 bits per heavy atom. The Morgan fingerprint density at radius 3 is 2.14 bits per heavy atom. The van der Waals surface area contributed by atoms with Gasteiger partial charge in [0.15, 0.2) is 0 Å². The number of carbonyl (C=O) groups is 2. The summed E-state index contributed by atoms with van der Waals surface area (Å²) in [6.07, 6.45) is 1.07. The lowest BCUT2D eigenvalue weighted by Crippen LogP contribution is -2.53. The van der Waals surface area contributed by atoms with Gasteiger partial charge in [-0.2, -0.15) is 0 Å². The van der Waals surface area contributed by atoms with Crippen LogP contribution in [0, 0.1) is 13.8 Å². The molecular formula is C32H40ClN3O5S. The van der Waals surface area contributed by atoms with Gasteiger partial charge >= 0.3 is 0 Å².